The Morgan fingerprint density at radius 3 is 1.10 bits per heavy atom. The van der Waals surface area contributed by atoms with E-state index in [1.807, 2.05) is 0 Å². The van der Waals surface area contributed by atoms with Crippen LogP contribution in [-0.4, -0.2) is 50.3 Å². The summed E-state index contributed by atoms with van der Waals surface area (Å²) in [6, 6.07) is -0.847. The van der Waals surface area contributed by atoms with E-state index in [1.165, 1.54) is 6.08 Å². The molecule has 1 atom stereocenters. The smallest absolute Gasteiger partial charge is 0.324 e. The first-order chi connectivity index (χ1) is 8.88. The SMILES string of the molecule is CC(=O)O.CC(=O)O.CC(=O)O.CC=CC(N)C(=O)O.[La]. The van der Waals surface area contributed by atoms with E-state index in [9.17, 15) is 4.79 Å². The largest absolute Gasteiger partial charge is 0.481 e. The quantitative estimate of drug-likeness (QED) is 0.382. The van der Waals surface area contributed by atoms with Crippen molar-refractivity contribution in [1.29, 1.82) is 0 Å². The minimum absolute atomic E-state index is 0. The van der Waals surface area contributed by atoms with Gasteiger partial charge in [-0.3, -0.25) is 19.2 Å². The molecule has 0 heterocycles. The van der Waals surface area contributed by atoms with Gasteiger partial charge >= 0.3 is 5.97 Å². The fourth-order valence-corrected chi connectivity index (χ4v) is 0.290. The van der Waals surface area contributed by atoms with Gasteiger partial charge in [0.2, 0.25) is 0 Å². The normalized spacial score (nSPS) is 9.00. The molecule has 0 saturated heterocycles. The van der Waals surface area contributed by atoms with Gasteiger partial charge in [-0.1, -0.05) is 12.2 Å². The first-order valence-corrected chi connectivity index (χ1v) is 5.08. The number of rotatable bonds is 2. The van der Waals surface area contributed by atoms with Gasteiger partial charge in [-0.2, -0.15) is 0 Å². The third-order valence-corrected chi connectivity index (χ3v) is 0.685. The van der Waals surface area contributed by atoms with Crippen LogP contribution in [0.5, 0.6) is 0 Å². The molecule has 0 rings (SSSR count). The van der Waals surface area contributed by atoms with Gasteiger partial charge < -0.3 is 26.2 Å². The molecular weight excluding hydrogens is 413 g/mol. The predicted octanol–water partition coefficient (Wildman–Crippen LogP) is 0.247. The van der Waals surface area contributed by atoms with Crippen molar-refractivity contribution >= 4 is 23.9 Å². The van der Waals surface area contributed by atoms with Crippen LogP contribution in [0.25, 0.3) is 0 Å². The Kier molecular flexibility index (Phi) is 36.2. The molecule has 0 saturated carbocycles. The molecule has 1 unspecified atom stereocenters. The molecule has 0 spiro atoms. The van der Waals surface area contributed by atoms with Crippen LogP contribution in [0.4, 0.5) is 0 Å². The number of nitrogens with two attached hydrogens (primary N) is 1. The molecule has 0 aromatic heterocycles. The van der Waals surface area contributed by atoms with Gasteiger partial charge in [-0.05, 0) is 6.92 Å². The zero-order valence-corrected chi connectivity index (χ0v) is 15.9. The van der Waals surface area contributed by atoms with Crippen LogP contribution in [-0.2, 0) is 19.2 Å². The Bertz CT molecular complexity index is 290. The van der Waals surface area contributed by atoms with Crippen LogP contribution < -0.4 is 5.73 Å². The maximum atomic E-state index is 9.91. The van der Waals surface area contributed by atoms with Gasteiger partial charge in [0.05, 0.1) is 0 Å². The zero-order valence-electron chi connectivity index (χ0n) is 12.3. The van der Waals surface area contributed by atoms with Crippen LogP contribution in [0.2, 0.25) is 0 Å². The predicted molar refractivity (Wildman–Crippen MR) is 70.4 cm³/mol. The Balaban J connectivity index is -0.0000000570. The summed E-state index contributed by atoms with van der Waals surface area (Å²) < 4.78 is 0. The molecule has 0 aromatic carbocycles. The summed E-state index contributed by atoms with van der Waals surface area (Å²) in [5.74, 6) is -3.50. The zero-order chi connectivity index (χ0) is 17.3. The third kappa shape index (κ3) is 158. The van der Waals surface area contributed by atoms with Crippen molar-refractivity contribution in [3.8, 4) is 0 Å². The molecule has 9 nitrogen and oxygen atoms in total. The van der Waals surface area contributed by atoms with Gasteiger partial charge in [0.25, 0.3) is 17.9 Å². The first-order valence-electron chi connectivity index (χ1n) is 5.08. The van der Waals surface area contributed by atoms with Crippen LogP contribution in [0.3, 0.4) is 0 Å². The monoisotopic (exact) mass is 434 g/mol. The topological polar surface area (TPSA) is 175 Å². The van der Waals surface area contributed by atoms with E-state index in [4.69, 9.17) is 40.5 Å². The standard InChI is InChI=1S/C5H9NO2.3C2H4O2.La/c1-2-3-4(6)5(7)8;3*1-2(3)4;/h2-4H,6H2,1H3,(H,7,8);3*1H3,(H,3,4);. The molecule has 0 amide bonds. The summed E-state index contributed by atoms with van der Waals surface area (Å²) in [5, 5.41) is 30.4. The molecule has 1 radical (unpaired) electrons. The van der Waals surface area contributed by atoms with Gasteiger partial charge in [-0.15, -0.1) is 0 Å². The maximum Gasteiger partial charge on any atom is 0.324 e. The molecule has 121 valence electrons. The van der Waals surface area contributed by atoms with Crippen LogP contribution in [0.1, 0.15) is 27.7 Å². The second-order valence-electron chi connectivity index (χ2n) is 2.95. The molecule has 10 heteroatoms. The third-order valence-electron chi connectivity index (χ3n) is 0.685. The number of hydrogen-bond acceptors (Lipinski definition) is 5. The number of hydrogen-bond donors (Lipinski definition) is 5. The fourth-order valence-electron chi connectivity index (χ4n) is 0.290. The van der Waals surface area contributed by atoms with E-state index in [1.54, 1.807) is 13.0 Å². The Morgan fingerprint density at radius 1 is 0.857 bits per heavy atom. The Hall–Kier alpha value is -1.23. The number of aliphatic carboxylic acids is 4. The molecule has 21 heavy (non-hydrogen) atoms. The van der Waals surface area contributed by atoms with E-state index >= 15 is 0 Å². The molecule has 0 fully saturated rings. The summed E-state index contributed by atoms with van der Waals surface area (Å²) in [6.07, 6.45) is 3.03. The van der Waals surface area contributed by atoms with Crippen molar-refractivity contribution in [2.75, 3.05) is 0 Å². The van der Waals surface area contributed by atoms with Gasteiger partial charge in [0.15, 0.2) is 0 Å². The molecule has 0 aliphatic rings. The van der Waals surface area contributed by atoms with E-state index in [2.05, 4.69) is 0 Å². The van der Waals surface area contributed by atoms with Crippen LogP contribution in [0.15, 0.2) is 12.2 Å². The van der Waals surface area contributed by atoms with E-state index in [0.717, 1.165) is 20.8 Å². The van der Waals surface area contributed by atoms with Gasteiger partial charge in [0.1, 0.15) is 6.04 Å². The first kappa shape index (κ1) is 31.9. The average Bonchev–Trinajstić information content (AvgIpc) is 2.14. The molecule has 0 aromatic rings. The summed E-state index contributed by atoms with van der Waals surface area (Å²) in [7, 11) is 0. The van der Waals surface area contributed by atoms with E-state index in [-0.39, 0.29) is 35.6 Å². The Labute approximate surface area is 150 Å². The summed E-state index contributed by atoms with van der Waals surface area (Å²) in [5.41, 5.74) is 5.04. The van der Waals surface area contributed by atoms with Crippen molar-refractivity contribution in [3.63, 3.8) is 0 Å². The summed E-state index contributed by atoms with van der Waals surface area (Å²) >= 11 is 0. The van der Waals surface area contributed by atoms with Crippen molar-refractivity contribution in [2.45, 2.75) is 33.7 Å². The van der Waals surface area contributed by atoms with Crippen LogP contribution >= 0.6 is 0 Å². The summed E-state index contributed by atoms with van der Waals surface area (Å²) in [6.45, 7) is 4.97. The fraction of sp³-hybridized carbons (Fsp3) is 0.455. The second-order valence-corrected chi connectivity index (χ2v) is 2.95. The number of carboxylic acid groups (broad SMARTS) is 4. The number of allylic oxidation sites excluding steroid dienone is 1. The van der Waals surface area contributed by atoms with Gasteiger partial charge in [-0.25, -0.2) is 0 Å². The molecular formula is C11H21LaNO8. The minimum atomic E-state index is -0.997. The van der Waals surface area contributed by atoms with Crippen molar-refractivity contribution in [3.05, 3.63) is 12.2 Å². The molecule has 0 aliphatic carbocycles. The van der Waals surface area contributed by atoms with Gasteiger partial charge in [0, 0.05) is 56.4 Å². The van der Waals surface area contributed by atoms with E-state index in [0.29, 0.717) is 0 Å². The minimum Gasteiger partial charge on any atom is -0.481 e. The van der Waals surface area contributed by atoms with Crippen molar-refractivity contribution < 1.29 is 75.2 Å². The molecule has 6 N–H and O–H groups in total. The van der Waals surface area contributed by atoms with Crippen LogP contribution in [0, 0.1) is 35.6 Å². The second kappa shape index (κ2) is 23.8. The summed E-state index contributed by atoms with van der Waals surface area (Å²) in [4.78, 5) is 36.9. The van der Waals surface area contributed by atoms with Crippen molar-refractivity contribution in [2.24, 2.45) is 5.73 Å². The van der Waals surface area contributed by atoms with E-state index < -0.39 is 29.9 Å². The Morgan fingerprint density at radius 2 is 1.05 bits per heavy atom. The average molecular weight is 434 g/mol. The van der Waals surface area contributed by atoms with Crippen molar-refractivity contribution in [1.82, 2.24) is 0 Å². The number of carboxylic acids is 4. The molecule has 0 aliphatic heterocycles. The molecule has 0 bridgehead atoms. The number of carbonyl (C=O) groups is 4. The maximum absolute atomic E-state index is 9.91.